The number of rotatable bonds is 10. The summed E-state index contributed by atoms with van der Waals surface area (Å²) >= 11 is 0. The molecule has 0 saturated carbocycles. The van der Waals surface area contributed by atoms with Crippen molar-refractivity contribution < 1.29 is 23.7 Å². The van der Waals surface area contributed by atoms with E-state index in [1.807, 2.05) is 40.7 Å². The number of hydrogen-bond acceptors (Lipinski definition) is 5. The topological polar surface area (TPSA) is 54.0 Å². The summed E-state index contributed by atoms with van der Waals surface area (Å²) in [6.45, 7) is 11.1. The van der Waals surface area contributed by atoms with E-state index in [0.717, 1.165) is 6.42 Å². The third-order valence-corrected chi connectivity index (χ3v) is 3.25. The predicted molar refractivity (Wildman–Crippen MR) is 94.8 cm³/mol. The van der Waals surface area contributed by atoms with E-state index in [2.05, 4.69) is 0 Å². The first-order valence-electron chi connectivity index (χ1n) is 8.50. The van der Waals surface area contributed by atoms with Crippen LogP contribution < -0.4 is 14.2 Å². The molecule has 0 radical (unpaired) electrons. The van der Waals surface area contributed by atoms with Gasteiger partial charge in [-0.15, -0.1) is 0 Å². The molecule has 0 aliphatic rings. The van der Waals surface area contributed by atoms with Gasteiger partial charge >= 0.3 is 5.97 Å². The lowest BCUT2D eigenvalue weighted by Gasteiger charge is -2.16. The Balaban J connectivity index is 3.14. The van der Waals surface area contributed by atoms with Gasteiger partial charge in [0.15, 0.2) is 11.5 Å². The zero-order chi connectivity index (χ0) is 17.9. The largest absolute Gasteiger partial charge is 0.494 e. The SMILES string of the molecule is CCOc1cc(C=CC(=O)OC(C)CC)c(OCC)c(OCC)c1. The number of carbonyl (C=O) groups excluding carboxylic acids is 1. The molecule has 1 unspecified atom stereocenters. The lowest BCUT2D eigenvalue weighted by Crippen LogP contribution is -2.11. The molecule has 0 aliphatic carbocycles. The highest BCUT2D eigenvalue weighted by Crippen LogP contribution is 2.37. The fourth-order valence-electron chi connectivity index (χ4n) is 2.01. The van der Waals surface area contributed by atoms with Crippen molar-refractivity contribution in [2.75, 3.05) is 19.8 Å². The maximum atomic E-state index is 11.9. The Morgan fingerprint density at radius 3 is 2.29 bits per heavy atom. The number of benzene rings is 1. The molecule has 0 saturated heterocycles. The summed E-state index contributed by atoms with van der Waals surface area (Å²) in [4.78, 5) is 11.9. The molecular formula is C19H28O5. The van der Waals surface area contributed by atoms with E-state index in [1.165, 1.54) is 6.08 Å². The number of ether oxygens (including phenoxy) is 4. The average molecular weight is 336 g/mol. The van der Waals surface area contributed by atoms with Crippen LogP contribution in [0.15, 0.2) is 18.2 Å². The van der Waals surface area contributed by atoms with Gasteiger partial charge in [-0.3, -0.25) is 0 Å². The molecule has 1 atom stereocenters. The van der Waals surface area contributed by atoms with Gasteiger partial charge in [-0.05, 0) is 46.3 Å². The Hall–Kier alpha value is -2.17. The van der Waals surface area contributed by atoms with Crippen molar-refractivity contribution in [2.24, 2.45) is 0 Å². The molecule has 0 aliphatic heterocycles. The van der Waals surface area contributed by atoms with Crippen molar-refractivity contribution in [3.05, 3.63) is 23.8 Å². The van der Waals surface area contributed by atoms with Crippen LogP contribution in [0.4, 0.5) is 0 Å². The fraction of sp³-hybridized carbons (Fsp3) is 0.526. The molecule has 0 fully saturated rings. The molecule has 1 aromatic carbocycles. The van der Waals surface area contributed by atoms with Crippen LogP contribution in [0.5, 0.6) is 17.2 Å². The maximum absolute atomic E-state index is 11.9. The summed E-state index contributed by atoms with van der Waals surface area (Å²) in [7, 11) is 0. The van der Waals surface area contributed by atoms with Crippen molar-refractivity contribution >= 4 is 12.0 Å². The Kier molecular flexibility index (Phi) is 8.76. The highest BCUT2D eigenvalue weighted by atomic mass is 16.5. The van der Waals surface area contributed by atoms with Gasteiger partial charge in [0.25, 0.3) is 0 Å². The first kappa shape index (κ1) is 19.9. The van der Waals surface area contributed by atoms with Crippen LogP contribution in [-0.2, 0) is 9.53 Å². The maximum Gasteiger partial charge on any atom is 0.331 e. The summed E-state index contributed by atoms with van der Waals surface area (Å²) in [6, 6.07) is 3.62. The first-order valence-corrected chi connectivity index (χ1v) is 8.50. The summed E-state index contributed by atoms with van der Waals surface area (Å²) < 4.78 is 22.2. The highest BCUT2D eigenvalue weighted by Gasteiger charge is 2.13. The van der Waals surface area contributed by atoms with Crippen molar-refractivity contribution in [1.82, 2.24) is 0 Å². The van der Waals surface area contributed by atoms with Crippen LogP contribution >= 0.6 is 0 Å². The van der Waals surface area contributed by atoms with Gasteiger partial charge in [0.05, 0.1) is 25.9 Å². The molecule has 5 nitrogen and oxygen atoms in total. The quantitative estimate of drug-likeness (QED) is 0.472. The Morgan fingerprint density at radius 1 is 1.04 bits per heavy atom. The van der Waals surface area contributed by atoms with E-state index in [4.69, 9.17) is 18.9 Å². The second-order valence-corrected chi connectivity index (χ2v) is 5.13. The molecule has 1 rings (SSSR count). The molecule has 0 amide bonds. The lowest BCUT2D eigenvalue weighted by atomic mass is 10.1. The summed E-state index contributed by atoms with van der Waals surface area (Å²) in [5.74, 6) is 1.47. The van der Waals surface area contributed by atoms with Crippen LogP contribution in [-0.4, -0.2) is 31.9 Å². The second kappa shape index (κ2) is 10.6. The van der Waals surface area contributed by atoms with Gasteiger partial charge in [-0.1, -0.05) is 6.92 Å². The molecule has 0 bridgehead atoms. The van der Waals surface area contributed by atoms with Crippen molar-refractivity contribution in [1.29, 1.82) is 0 Å². The fourth-order valence-corrected chi connectivity index (χ4v) is 2.01. The molecule has 0 heterocycles. The minimum Gasteiger partial charge on any atom is -0.494 e. The van der Waals surface area contributed by atoms with E-state index in [-0.39, 0.29) is 12.1 Å². The zero-order valence-electron chi connectivity index (χ0n) is 15.3. The normalized spacial score (nSPS) is 12.0. The predicted octanol–water partition coefficient (Wildman–Crippen LogP) is 4.24. The molecule has 24 heavy (non-hydrogen) atoms. The smallest absolute Gasteiger partial charge is 0.331 e. The van der Waals surface area contributed by atoms with Crippen molar-refractivity contribution in [3.8, 4) is 17.2 Å². The minimum absolute atomic E-state index is 0.109. The number of hydrogen-bond donors (Lipinski definition) is 0. The summed E-state index contributed by atoms with van der Waals surface area (Å²) in [5, 5.41) is 0. The minimum atomic E-state index is -0.383. The molecule has 5 heteroatoms. The monoisotopic (exact) mass is 336 g/mol. The van der Waals surface area contributed by atoms with E-state index in [0.29, 0.717) is 42.6 Å². The number of carbonyl (C=O) groups is 1. The molecular weight excluding hydrogens is 308 g/mol. The van der Waals surface area contributed by atoms with E-state index < -0.39 is 0 Å². The summed E-state index contributed by atoms with van der Waals surface area (Å²) in [6.07, 6.45) is 3.73. The van der Waals surface area contributed by atoms with Gasteiger partial charge in [0, 0.05) is 17.7 Å². The van der Waals surface area contributed by atoms with E-state index in [9.17, 15) is 4.79 Å². The van der Waals surface area contributed by atoms with Crippen LogP contribution in [0.2, 0.25) is 0 Å². The third-order valence-electron chi connectivity index (χ3n) is 3.25. The molecule has 1 aromatic rings. The van der Waals surface area contributed by atoms with Gasteiger partial charge in [-0.25, -0.2) is 4.79 Å². The van der Waals surface area contributed by atoms with Gasteiger partial charge < -0.3 is 18.9 Å². The lowest BCUT2D eigenvalue weighted by molar-refractivity contribution is -0.142. The van der Waals surface area contributed by atoms with E-state index >= 15 is 0 Å². The standard InChI is InChI=1S/C19H28O5/c1-6-14(5)24-18(20)11-10-15-12-16(21-7-2)13-17(22-8-3)19(15)23-9-4/h10-14H,6-9H2,1-5H3. The van der Waals surface area contributed by atoms with Crippen LogP contribution in [0.3, 0.4) is 0 Å². The van der Waals surface area contributed by atoms with Crippen molar-refractivity contribution in [2.45, 2.75) is 47.1 Å². The van der Waals surface area contributed by atoms with Gasteiger partial charge in [0.2, 0.25) is 0 Å². The zero-order valence-corrected chi connectivity index (χ0v) is 15.3. The third kappa shape index (κ3) is 6.14. The Labute approximate surface area is 144 Å². The molecule has 0 spiro atoms. The summed E-state index contributed by atoms with van der Waals surface area (Å²) in [5.41, 5.74) is 0.715. The Bertz CT molecular complexity index is 551. The van der Waals surface area contributed by atoms with Crippen LogP contribution in [0.25, 0.3) is 6.08 Å². The van der Waals surface area contributed by atoms with Crippen LogP contribution in [0.1, 0.15) is 46.6 Å². The Morgan fingerprint density at radius 2 is 1.71 bits per heavy atom. The number of esters is 1. The molecule has 134 valence electrons. The highest BCUT2D eigenvalue weighted by molar-refractivity contribution is 5.88. The molecule has 0 aromatic heterocycles. The van der Waals surface area contributed by atoms with Gasteiger partial charge in [0.1, 0.15) is 5.75 Å². The van der Waals surface area contributed by atoms with Crippen molar-refractivity contribution in [3.63, 3.8) is 0 Å². The average Bonchev–Trinajstić information content (AvgIpc) is 2.56. The molecule has 0 N–H and O–H groups in total. The van der Waals surface area contributed by atoms with Gasteiger partial charge in [-0.2, -0.15) is 0 Å². The first-order chi connectivity index (χ1) is 11.5. The van der Waals surface area contributed by atoms with Crippen LogP contribution in [0, 0.1) is 0 Å². The second-order valence-electron chi connectivity index (χ2n) is 5.13. The van der Waals surface area contributed by atoms with E-state index in [1.54, 1.807) is 12.1 Å².